The molecule has 1 atom stereocenters. The van der Waals surface area contributed by atoms with Crippen LogP contribution in [-0.4, -0.2) is 33.5 Å². The molecular formula is C20H19N3O4. The number of amides is 1. The molecular weight excluding hydrogens is 346 g/mol. The number of hydrogen-bond donors (Lipinski definition) is 2. The van der Waals surface area contributed by atoms with Crippen LogP contribution in [-0.2, 0) is 11.3 Å². The molecule has 7 heteroatoms. The van der Waals surface area contributed by atoms with Gasteiger partial charge in [0, 0.05) is 18.5 Å². The fraction of sp³-hybridized carbons (Fsp3) is 0.250. The Balaban J connectivity index is 1.92. The molecule has 7 nitrogen and oxygen atoms in total. The monoisotopic (exact) mass is 365 g/mol. The first-order valence-corrected chi connectivity index (χ1v) is 8.63. The number of imidazole rings is 1. The zero-order chi connectivity index (χ0) is 19.1. The van der Waals surface area contributed by atoms with E-state index >= 15 is 0 Å². The molecule has 0 fully saturated rings. The van der Waals surface area contributed by atoms with Gasteiger partial charge in [-0.15, -0.1) is 0 Å². The van der Waals surface area contributed by atoms with E-state index < -0.39 is 5.97 Å². The van der Waals surface area contributed by atoms with Crippen LogP contribution in [0.4, 0.5) is 0 Å². The number of nitrogens with zero attached hydrogens (tertiary/aromatic N) is 2. The average Bonchev–Trinajstić information content (AvgIpc) is 2.92. The molecule has 0 radical (unpaired) electrons. The molecule has 2 aromatic heterocycles. The van der Waals surface area contributed by atoms with E-state index in [0.717, 1.165) is 28.2 Å². The van der Waals surface area contributed by atoms with Crippen molar-refractivity contribution in [2.24, 2.45) is 0 Å². The summed E-state index contributed by atoms with van der Waals surface area (Å²) in [5, 5.41) is 12.4. The van der Waals surface area contributed by atoms with Gasteiger partial charge in [-0.3, -0.25) is 4.79 Å². The van der Waals surface area contributed by atoms with Gasteiger partial charge in [0.1, 0.15) is 17.0 Å². The lowest BCUT2D eigenvalue weighted by atomic mass is 9.90. The number of fused-ring (bicyclic) bond motifs is 3. The second-order valence-electron chi connectivity index (χ2n) is 6.67. The van der Waals surface area contributed by atoms with Gasteiger partial charge in [-0.05, 0) is 42.3 Å². The minimum absolute atomic E-state index is 0.0749. The molecule has 0 bridgehead atoms. The van der Waals surface area contributed by atoms with E-state index in [1.54, 1.807) is 12.1 Å². The van der Waals surface area contributed by atoms with Crippen molar-refractivity contribution in [3.05, 3.63) is 64.6 Å². The highest BCUT2D eigenvalue weighted by Gasteiger charge is 2.29. The molecule has 27 heavy (non-hydrogen) atoms. The van der Waals surface area contributed by atoms with Crippen molar-refractivity contribution in [2.75, 3.05) is 7.11 Å². The number of aromatic carboxylic acids is 1. The van der Waals surface area contributed by atoms with Crippen LogP contribution in [0.25, 0.3) is 5.65 Å². The van der Waals surface area contributed by atoms with Gasteiger partial charge in [-0.1, -0.05) is 6.07 Å². The number of nitrogens with one attached hydrogen (secondary N) is 1. The van der Waals surface area contributed by atoms with E-state index in [-0.39, 0.29) is 23.8 Å². The third kappa shape index (κ3) is 2.91. The lowest BCUT2D eigenvalue weighted by Gasteiger charge is -2.17. The molecule has 0 saturated carbocycles. The summed E-state index contributed by atoms with van der Waals surface area (Å²) in [6.07, 6.45) is 2.17. The topological polar surface area (TPSA) is 92.9 Å². The van der Waals surface area contributed by atoms with Crippen LogP contribution in [0.1, 0.15) is 45.2 Å². The van der Waals surface area contributed by atoms with Gasteiger partial charge in [0.15, 0.2) is 0 Å². The maximum absolute atomic E-state index is 12.3. The number of ether oxygens (including phenoxy) is 1. The number of pyridine rings is 1. The molecule has 1 aliphatic heterocycles. The molecule has 1 aliphatic rings. The number of hydrogen-bond acceptors (Lipinski definition) is 4. The first-order chi connectivity index (χ1) is 13.0. The van der Waals surface area contributed by atoms with Gasteiger partial charge in [-0.25, -0.2) is 9.78 Å². The van der Waals surface area contributed by atoms with Crippen molar-refractivity contribution in [1.29, 1.82) is 0 Å². The number of benzene rings is 1. The van der Waals surface area contributed by atoms with E-state index in [1.807, 2.05) is 35.7 Å². The van der Waals surface area contributed by atoms with Crippen LogP contribution in [0.15, 0.2) is 36.5 Å². The summed E-state index contributed by atoms with van der Waals surface area (Å²) in [4.78, 5) is 28.6. The van der Waals surface area contributed by atoms with Gasteiger partial charge in [0.2, 0.25) is 5.91 Å². The molecule has 0 aliphatic carbocycles. The van der Waals surface area contributed by atoms with E-state index in [0.29, 0.717) is 12.3 Å². The van der Waals surface area contributed by atoms with Crippen molar-refractivity contribution >= 4 is 17.5 Å². The first-order valence-electron chi connectivity index (χ1n) is 8.63. The molecule has 1 aromatic carbocycles. The summed E-state index contributed by atoms with van der Waals surface area (Å²) in [6, 6.07) is 9.01. The predicted molar refractivity (Wildman–Crippen MR) is 98.2 cm³/mol. The molecule has 1 amide bonds. The Kier molecular flexibility index (Phi) is 4.07. The molecule has 0 unspecified atom stereocenters. The van der Waals surface area contributed by atoms with Crippen LogP contribution in [0, 0.1) is 6.92 Å². The van der Waals surface area contributed by atoms with E-state index in [4.69, 9.17) is 4.74 Å². The quantitative estimate of drug-likeness (QED) is 0.744. The predicted octanol–water partition coefficient (Wildman–Crippen LogP) is 2.50. The minimum atomic E-state index is -1.07. The standard InChI is InChI=1S/C20H19N3O4/c1-11-5-6-23-17(7-11)22-15-10-21-18(24)9-13(19(15)23)12-3-4-16(27-2)14(8-12)20(25)26/h3-8,13H,9-10H2,1-2H3,(H,21,24)(H,25,26)/t13-/m1/s1. The molecule has 0 saturated heterocycles. The maximum atomic E-state index is 12.3. The SMILES string of the molecule is COc1ccc([C@H]2CC(=O)NCc3nc4cc(C)ccn4c32)cc1C(=O)O. The van der Waals surface area contributed by atoms with Crippen molar-refractivity contribution in [3.63, 3.8) is 0 Å². The summed E-state index contributed by atoms with van der Waals surface area (Å²) < 4.78 is 7.14. The van der Waals surface area contributed by atoms with Crippen LogP contribution < -0.4 is 10.1 Å². The molecule has 3 heterocycles. The van der Waals surface area contributed by atoms with Gasteiger partial charge < -0.3 is 19.6 Å². The van der Waals surface area contributed by atoms with E-state index in [2.05, 4.69) is 10.3 Å². The van der Waals surface area contributed by atoms with Gasteiger partial charge in [-0.2, -0.15) is 0 Å². The molecule has 0 spiro atoms. The van der Waals surface area contributed by atoms with Crippen molar-refractivity contribution in [3.8, 4) is 5.75 Å². The number of carbonyl (C=O) groups is 2. The number of carboxylic acid groups (broad SMARTS) is 1. The van der Waals surface area contributed by atoms with Gasteiger partial charge >= 0.3 is 5.97 Å². The Morgan fingerprint density at radius 3 is 2.89 bits per heavy atom. The Morgan fingerprint density at radius 1 is 1.33 bits per heavy atom. The fourth-order valence-corrected chi connectivity index (χ4v) is 3.64. The molecule has 4 rings (SSSR count). The van der Waals surface area contributed by atoms with Crippen LogP contribution in [0.2, 0.25) is 0 Å². The maximum Gasteiger partial charge on any atom is 0.339 e. The molecule has 138 valence electrons. The Hall–Kier alpha value is -3.35. The fourth-order valence-electron chi connectivity index (χ4n) is 3.64. The van der Waals surface area contributed by atoms with Crippen LogP contribution in [0.3, 0.4) is 0 Å². The smallest absolute Gasteiger partial charge is 0.339 e. The highest BCUT2D eigenvalue weighted by Crippen LogP contribution is 2.35. The number of methoxy groups -OCH3 is 1. The summed E-state index contributed by atoms with van der Waals surface area (Å²) in [6.45, 7) is 2.36. The third-order valence-electron chi connectivity index (χ3n) is 4.92. The van der Waals surface area contributed by atoms with Gasteiger partial charge in [0.05, 0.1) is 25.0 Å². The van der Waals surface area contributed by atoms with Crippen molar-refractivity contribution in [1.82, 2.24) is 14.7 Å². The zero-order valence-corrected chi connectivity index (χ0v) is 15.0. The van der Waals surface area contributed by atoms with Gasteiger partial charge in [0.25, 0.3) is 0 Å². The Labute approximate surface area is 155 Å². The highest BCUT2D eigenvalue weighted by atomic mass is 16.5. The molecule has 2 N–H and O–H groups in total. The molecule has 3 aromatic rings. The van der Waals surface area contributed by atoms with Crippen molar-refractivity contribution < 1.29 is 19.4 Å². The summed E-state index contributed by atoms with van der Waals surface area (Å²) in [5.41, 5.74) is 4.43. The summed E-state index contributed by atoms with van der Waals surface area (Å²) in [7, 11) is 1.44. The number of rotatable bonds is 3. The number of carboxylic acids is 1. The largest absolute Gasteiger partial charge is 0.496 e. The Morgan fingerprint density at radius 2 is 2.15 bits per heavy atom. The van der Waals surface area contributed by atoms with Crippen LogP contribution >= 0.6 is 0 Å². The summed E-state index contributed by atoms with van der Waals surface area (Å²) >= 11 is 0. The van der Waals surface area contributed by atoms with Crippen molar-refractivity contribution in [2.45, 2.75) is 25.8 Å². The second kappa shape index (κ2) is 6.42. The lowest BCUT2D eigenvalue weighted by Crippen LogP contribution is -2.21. The Bertz CT molecular complexity index is 1070. The van der Waals surface area contributed by atoms with Crippen LogP contribution in [0.5, 0.6) is 5.75 Å². The first kappa shape index (κ1) is 17.1. The number of aromatic nitrogens is 2. The number of carbonyl (C=O) groups excluding carboxylic acids is 1. The average molecular weight is 365 g/mol. The number of aryl methyl sites for hydroxylation is 1. The summed E-state index contributed by atoms with van der Waals surface area (Å²) in [5.74, 6) is -1.17. The minimum Gasteiger partial charge on any atom is -0.496 e. The van der Waals surface area contributed by atoms with E-state index in [9.17, 15) is 14.7 Å². The zero-order valence-electron chi connectivity index (χ0n) is 15.0. The highest BCUT2D eigenvalue weighted by molar-refractivity contribution is 5.91. The lowest BCUT2D eigenvalue weighted by molar-refractivity contribution is -0.121. The second-order valence-corrected chi connectivity index (χ2v) is 6.67. The normalized spacial score (nSPS) is 16.5. The third-order valence-corrected chi connectivity index (χ3v) is 4.92. The van der Waals surface area contributed by atoms with E-state index in [1.165, 1.54) is 7.11 Å².